The predicted molar refractivity (Wildman–Crippen MR) is 153 cm³/mol. The number of carbonyl (C=O) groups excluding carboxylic acids is 5. The third-order valence-electron chi connectivity index (χ3n) is 7.00. The van der Waals surface area contributed by atoms with E-state index in [1.54, 1.807) is 0 Å². The highest BCUT2D eigenvalue weighted by Gasteiger charge is 2.39. The fourth-order valence-corrected chi connectivity index (χ4v) is 4.52. The van der Waals surface area contributed by atoms with Crippen molar-refractivity contribution in [2.75, 3.05) is 6.54 Å². The zero-order chi connectivity index (χ0) is 31.6. The number of nitrogens with two attached hydrogens (primary N) is 1. The van der Waals surface area contributed by atoms with Crippen molar-refractivity contribution >= 4 is 35.5 Å². The zero-order valence-electron chi connectivity index (χ0n) is 25.7. The van der Waals surface area contributed by atoms with E-state index in [4.69, 9.17) is 10.8 Å². The molecule has 0 bridgehead atoms. The predicted octanol–water partition coefficient (Wildman–Crippen LogP) is 0.117. The molecule has 0 aromatic heterocycles. The Morgan fingerprint density at radius 3 is 1.80 bits per heavy atom. The van der Waals surface area contributed by atoms with Gasteiger partial charge in [-0.25, -0.2) is 0 Å². The van der Waals surface area contributed by atoms with Crippen LogP contribution in [0.25, 0.3) is 0 Å². The van der Waals surface area contributed by atoms with Crippen LogP contribution in [-0.4, -0.2) is 88.3 Å². The summed E-state index contributed by atoms with van der Waals surface area (Å²) in [5.74, 6) is -3.79. The van der Waals surface area contributed by atoms with E-state index in [0.29, 0.717) is 25.8 Å². The number of aliphatic carboxylic acids is 1. The average molecular weight is 583 g/mol. The number of rotatable bonds is 15. The van der Waals surface area contributed by atoms with Crippen molar-refractivity contribution in [2.24, 2.45) is 23.5 Å². The molecule has 5 amide bonds. The lowest BCUT2D eigenvalue weighted by atomic mass is 10.00. The minimum atomic E-state index is -1.21. The highest BCUT2D eigenvalue weighted by Crippen LogP contribution is 2.21. The smallest absolute Gasteiger partial charge is 0.325 e. The number of hydrogen-bond acceptors (Lipinski definition) is 7. The van der Waals surface area contributed by atoms with E-state index in [0.717, 1.165) is 0 Å². The third kappa shape index (κ3) is 11.3. The number of likely N-dealkylation sites (tertiary alicyclic amines) is 1. The summed E-state index contributed by atoms with van der Waals surface area (Å²) in [6.45, 7) is 14.3. The molecule has 0 aliphatic carbocycles. The monoisotopic (exact) mass is 582 g/mol. The second kappa shape index (κ2) is 16.3. The van der Waals surface area contributed by atoms with Crippen LogP contribution in [0.4, 0.5) is 0 Å². The molecular weight excluding hydrogens is 532 g/mol. The molecule has 1 saturated heterocycles. The third-order valence-corrected chi connectivity index (χ3v) is 7.00. The van der Waals surface area contributed by atoms with Crippen LogP contribution in [0.2, 0.25) is 0 Å². The molecule has 1 rings (SSSR count). The Labute approximate surface area is 243 Å². The molecule has 6 atom stereocenters. The van der Waals surface area contributed by atoms with Gasteiger partial charge in [-0.3, -0.25) is 28.8 Å². The van der Waals surface area contributed by atoms with E-state index in [1.165, 1.54) is 18.7 Å². The Balaban J connectivity index is 2.94. The molecule has 13 nitrogen and oxygen atoms in total. The van der Waals surface area contributed by atoms with E-state index in [-0.39, 0.29) is 30.1 Å². The fraction of sp³-hybridized carbons (Fsp3) is 0.786. The van der Waals surface area contributed by atoms with Gasteiger partial charge >= 0.3 is 5.97 Å². The SMILES string of the molecule is CC(C)C[C@H](NC(=O)[C@H](C)NC(=O)[C@@H]1CCCN1C(=O)[C@H](CC(C)C)NC(=O)[C@@H](N)C(C)C)C(=O)N[C@@H](C)C(=O)O. The van der Waals surface area contributed by atoms with Gasteiger partial charge in [-0.2, -0.15) is 0 Å². The minimum absolute atomic E-state index is 0.0171. The molecule has 0 radical (unpaired) electrons. The van der Waals surface area contributed by atoms with Crippen LogP contribution in [0, 0.1) is 17.8 Å². The highest BCUT2D eigenvalue weighted by atomic mass is 16.4. The van der Waals surface area contributed by atoms with Gasteiger partial charge in [0.1, 0.15) is 30.2 Å². The lowest BCUT2D eigenvalue weighted by molar-refractivity contribution is -0.143. The summed E-state index contributed by atoms with van der Waals surface area (Å²) in [5.41, 5.74) is 5.98. The minimum Gasteiger partial charge on any atom is -0.480 e. The average Bonchev–Trinajstić information content (AvgIpc) is 3.36. The number of amides is 5. The van der Waals surface area contributed by atoms with Crippen LogP contribution in [0.3, 0.4) is 0 Å². The highest BCUT2D eigenvalue weighted by molar-refractivity contribution is 5.96. The molecule has 1 heterocycles. The van der Waals surface area contributed by atoms with Crippen LogP contribution in [0.5, 0.6) is 0 Å². The number of carbonyl (C=O) groups is 6. The van der Waals surface area contributed by atoms with Gasteiger partial charge in [-0.05, 0) is 57.3 Å². The van der Waals surface area contributed by atoms with Crippen molar-refractivity contribution in [3.63, 3.8) is 0 Å². The van der Waals surface area contributed by atoms with Crippen LogP contribution in [0.15, 0.2) is 0 Å². The standard InChI is InChI=1S/C28H50N6O7/c1-14(2)12-19(24(36)31-18(8)28(40)41)32-23(35)17(7)30-25(37)21-10-9-11-34(21)27(39)20(13-15(3)4)33-26(38)22(29)16(5)6/h14-22H,9-13,29H2,1-8H3,(H,30,37)(H,31,36)(H,32,35)(H,33,38)(H,40,41)/t17-,18-,19-,20-,21-,22-/m0/s1. The maximum atomic E-state index is 13.5. The second-order valence-electron chi connectivity index (χ2n) is 12.1. The first kappa shape index (κ1) is 35.8. The maximum absolute atomic E-state index is 13.5. The first-order valence-electron chi connectivity index (χ1n) is 14.5. The summed E-state index contributed by atoms with van der Waals surface area (Å²) in [7, 11) is 0. The van der Waals surface area contributed by atoms with Crippen molar-refractivity contribution in [1.29, 1.82) is 0 Å². The molecular formula is C28H50N6O7. The molecule has 13 heteroatoms. The topological polar surface area (TPSA) is 200 Å². The van der Waals surface area contributed by atoms with E-state index in [1.807, 2.05) is 41.5 Å². The lowest BCUT2D eigenvalue weighted by Gasteiger charge is -2.31. The first-order valence-corrected chi connectivity index (χ1v) is 14.5. The quantitative estimate of drug-likeness (QED) is 0.156. The van der Waals surface area contributed by atoms with Gasteiger partial charge in [0.15, 0.2) is 0 Å². The molecule has 0 aromatic carbocycles. The van der Waals surface area contributed by atoms with Crippen LogP contribution in [0.1, 0.15) is 81.1 Å². The van der Waals surface area contributed by atoms with Crippen LogP contribution in [-0.2, 0) is 28.8 Å². The van der Waals surface area contributed by atoms with Crippen LogP contribution >= 0.6 is 0 Å². The zero-order valence-corrected chi connectivity index (χ0v) is 25.7. The molecule has 0 aromatic rings. The molecule has 0 unspecified atom stereocenters. The molecule has 1 aliphatic rings. The molecule has 41 heavy (non-hydrogen) atoms. The summed E-state index contributed by atoms with van der Waals surface area (Å²) >= 11 is 0. The van der Waals surface area contributed by atoms with E-state index in [2.05, 4.69) is 21.3 Å². The fourth-order valence-electron chi connectivity index (χ4n) is 4.52. The van der Waals surface area contributed by atoms with Gasteiger partial charge < -0.3 is 37.0 Å². The lowest BCUT2D eigenvalue weighted by Crippen LogP contribution is -2.58. The number of carboxylic acids is 1. The number of carboxylic acid groups (broad SMARTS) is 1. The Bertz CT molecular complexity index is 954. The summed E-state index contributed by atoms with van der Waals surface area (Å²) in [6, 6.07) is -5.61. The summed E-state index contributed by atoms with van der Waals surface area (Å²) in [4.78, 5) is 77.5. The van der Waals surface area contributed by atoms with Gasteiger partial charge in [-0.15, -0.1) is 0 Å². The van der Waals surface area contributed by atoms with Gasteiger partial charge in [0.05, 0.1) is 6.04 Å². The van der Waals surface area contributed by atoms with Gasteiger partial charge in [0, 0.05) is 6.54 Å². The van der Waals surface area contributed by atoms with Gasteiger partial charge in [0.2, 0.25) is 29.5 Å². The normalized spacial score (nSPS) is 18.8. The molecule has 234 valence electrons. The molecule has 0 spiro atoms. The Hall–Kier alpha value is -3.22. The Kier molecular flexibility index (Phi) is 14.2. The number of nitrogens with one attached hydrogen (secondary N) is 4. The summed E-state index contributed by atoms with van der Waals surface area (Å²) < 4.78 is 0. The van der Waals surface area contributed by atoms with Gasteiger partial charge in [0.25, 0.3) is 0 Å². The number of nitrogens with zero attached hydrogens (tertiary/aromatic N) is 1. The molecule has 1 aliphatic heterocycles. The van der Waals surface area contributed by atoms with Crippen molar-refractivity contribution < 1.29 is 33.9 Å². The van der Waals surface area contributed by atoms with Crippen molar-refractivity contribution in [2.45, 2.75) is 117 Å². The largest absolute Gasteiger partial charge is 0.480 e. The molecule has 1 fully saturated rings. The Morgan fingerprint density at radius 2 is 1.29 bits per heavy atom. The maximum Gasteiger partial charge on any atom is 0.325 e. The summed E-state index contributed by atoms with van der Waals surface area (Å²) in [6.07, 6.45) is 1.61. The van der Waals surface area contributed by atoms with E-state index >= 15 is 0 Å². The van der Waals surface area contributed by atoms with Crippen LogP contribution < -0.4 is 27.0 Å². The van der Waals surface area contributed by atoms with Gasteiger partial charge in [-0.1, -0.05) is 41.5 Å². The van der Waals surface area contributed by atoms with Crippen molar-refractivity contribution in [3.8, 4) is 0 Å². The van der Waals surface area contributed by atoms with Crippen molar-refractivity contribution in [1.82, 2.24) is 26.2 Å². The Morgan fingerprint density at radius 1 is 0.756 bits per heavy atom. The van der Waals surface area contributed by atoms with Crippen molar-refractivity contribution in [3.05, 3.63) is 0 Å². The molecule has 7 N–H and O–H groups in total. The van der Waals surface area contributed by atoms with E-state index in [9.17, 15) is 28.8 Å². The molecule has 0 saturated carbocycles. The number of hydrogen-bond donors (Lipinski definition) is 6. The van der Waals surface area contributed by atoms with E-state index < -0.39 is 65.8 Å². The summed E-state index contributed by atoms with van der Waals surface area (Å²) in [5, 5.41) is 19.5. The first-order chi connectivity index (χ1) is 19.0. The second-order valence-corrected chi connectivity index (χ2v) is 12.1.